The van der Waals surface area contributed by atoms with E-state index in [-0.39, 0.29) is 5.41 Å². The minimum atomic E-state index is 0.281. The molecule has 0 bridgehead atoms. The summed E-state index contributed by atoms with van der Waals surface area (Å²) in [6.07, 6.45) is 6.57. The van der Waals surface area contributed by atoms with Crippen LogP contribution in [0.25, 0.3) is 0 Å². The van der Waals surface area contributed by atoms with Crippen molar-refractivity contribution in [2.75, 3.05) is 26.8 Å². The molecule has 19 heavy (non-hydrogen) atoms. The first kappa shape index (κ1) is 12.8. The van der Waals surface area contributed by atoms with Gasteiger partial charge in [-0.3, -0.25) is 0 Å². The summed E-state index contributed by atoms with van der Waals surface area (Å²) >= 11 is 0. The highest BCUT2D eigenvalue weighted by molar-refractivity contribution is 5.46. The van der Waals surface area contributed by atoms with Crippen molar-refractivity contribution in [3.63, 3.8) is 0 Å². The van der Waals surface area contributed by atoms with Crippen LogP contribution in [-0.4, -0.2) is 26.8 Å². The maximum Gasteiger partial charge on any atom is 0.161 e. The highest BCUT2D eigenvalue weighted by Gasteiger charge is 2.34. The second-order valence-corrected chi connectivity index (χ2v) is 5.73. The average Bonchev–Trinajstić information content (AvgIpc) is 2.48. The van der Waals surface area contributed by atoms with Gasteiger partial charge in [-0.15, -0.1) is 0 Å². The zero-order chi connectivity index (χ0) is 13.1. The number of hydrogen-bond donors (Lipinski definition) is 1. The summed E-state index contributed by atoms with van der Waals surface area (Å²) in [7, 11) is 2.05. The largest absolute Gasteiger partial charge is 0.486 e. The quantitative estimate of drug-likeness (QED) is 0.907. The molecule has 3 rings (SSSR count). The van der Waals surface area contributed by atoms with E-state index in [0.29, 0.717) is 13.2 Å². The van der Waals surface area contributed by atoms with Gasteiger partial charge in [0.1, 0.15) is 13.2 Å². The summed E-state index contributed by atoms with van der Waals surface area (Å²) < 4.78 is 11.4. The highest BCUT2D eigenvalue weighted by atomic mass is 16.6. The number of ether oxygens (including phenoxy) is 2. The fourth-order valence-corrected chi connectivity index (χ4v) is 3.51. The molecule has 1 saturated carbocycles. The lowest BCUT2D eigenvalue weighted by Crippen LogP contribution is -2.38. The molecule has 3 nitrogen and oxygen atoms in total. The average molecular weight is 261 g/mol. The Morgan fingerprint density at radius 2 is 1.79 bits per heavy atom. The van der Waals surface area contributed by atoms with Crippen molar-refractivity contribution in [2.45, 2.75) is 37.5 Å². The summed E-state index contributed by atoms with van der Waals surface area (Å²) in [5.41, 5.74) is 1.69. The van der Waals surface area contributed by atoms with Crippen molar-refractivity contribution in [3.8, 4) is 11.5 Å². The Balaban J connectivity index is 1.93. The molecule has 0 atom stereocenters. The fraction of sp³-hybridized carbons (Fsp3) is 0.625. The van der Waals surface area contributed by atoms with Crippen LogP contribution in [0.1, 0.15) is 37.7 Å². The second-order valence-electron chi connectivity index (χ2n) is 5.73. The van der Waals surface area contributed by atoms with Gasteiger partial charge in [0.2, 0.25) is 0 Å². The third-order valence-electron chi connectivity index (χ3n) is 4.48. The van der Waals surface area contributed by atoms with Gasteiger partial charge in [-0.25, -0.2) is 0 Å². The van der Waals surface area contributed by atoms with Crippen LogP contribution in [0, 0.1) is 0 Å². The van der Waals surface area contributed by atoms with Gasteiger partial charge in [-0.1, -0.05) is 25.3 Å². The number of nitrogens with one attached hydrogen (secondary N) is 1. The van der Waals surface area contributed by atoms with Crippen LogP contribution >= 0.6 is 0 Å². The third-order valence-corrected chi connectivity index (χ3v) is 4.48. The maximum atomic E-state index is 5.73. The van der Waals surface area contributed by atoms with Crippen LogP contribution in [0.4, 0.5) is 0 Å². The molecule has 1 aromatic carbocycles. The molecule has 104 valence electrons. The lowest BCUT2D eigenvalue weighted by molar-refractivity contribution is 0.170. The van der Waals surface area contributed by atoms with Crippen LogP contribution in [0.5, 0.6) is 11.5 Å². The second kappa shape index (κ2) is 5.41. The molecule has 1 fully saturated rings. The minimum Gasteiger partial charge on any atom is -0.486 e. The Bertz CT molecular complexity index is 433. The van der Waals surface area contributed by atoms with E-state index in [2.05, 4.69) is 23.5 Å². The smallest absolute Gasteiger partial charge is 0.161 e. The molecule has 0 saturated heterocycles. The van der Waals surface area contributed by atoms with Crippen molar-refractivity contribution in [3.05, 3.63) is 23.8 Å². The van der Waals surface area contributed by atoms with Gasteiger partial charge in [-0.2, -0.15) is 0 Å². The Hall–Kier alpha value is -1.22. The van der Waals surface area contributed by atoms with E-state index in [9.17, 15) is 0 Å². The maximum absolute atomic E-state index is 5.73. The van der Waals surface area contributed by atoms with E-state index < -0.39 is 0 Å². The molecule has 2 aliphatic rings. The van der Waals surface area contributed by atoms with E-state index in [4.69, 9.17) is 9.47 Å². The minimum absolute atomic E-state index is 0.281. The van der Waals surface area contributed by atoms with E-state index in [1.54, 1.807) is 0 Å². The summed E-state index contributed by atoms with van der Waals surface area (Å²) in [6, 6.07) is 6.52. The van der Waals surface area contributed by atoms with Crippen LogP contribution in [0.15, 0.2) is 18.2 Å². The fourth-order valence-electron chi connectivity index (χ4n) is 3.51. The van der Waals surface area contributed by atoms with Gasteiger partial charge in [0.25, 0.3) is 0 Å². The first-order valence-corrected chi connectivity index (χ1v) is 7.39. The first-order valence-electron chi connectivity index (χ1n) is 7.39. The highest BCUT2D eigenvalue weighted by Crippen LogP contribution is 2.42. The molecule has 1 aliphatic carbocycles. The lowest BCUT2D eigenvalue weighted by atomic mass is 9.69. The Kier molecular flexibility index (Phi) is 3.65. The topological polar surface area (TPSA) is 30.5 Å². The van der Waals surface area contributed by atoms with Crippen LogP contribution in [0.2, 0.25) is 0 Å². The van der Waals surface area contributed by atoms with Gasteiger partial charge in [0.05, 0.1) is 0 Å². The SMILES string of the molecule is CNCC1(c2ccc3c(c2)OCCO3)CCCCC1. The summed E-state index contributed by atoms with van der Waals surface area (Å²) in [5, 5.41) is 3.38. The van der Waals surface area contributed by atoms with E-state index in [1.165, 1.54) is 37.7 Å². The Morgan fingerprint density at radius 1 is 1.05 bits per heavy atom. The molecule has 1 aromatic rings. The molecule has 0 spiro atoms. The molecular formula is C16H23NO2. The summed E-state index contributed by atoms with van der Waals surface area (Å²) in [4.78, 5) is 0. The normalized spacial score (nSPS) is 21.1. The van der Waals surface area contributed by atoms with Crippen molar-refractivity contribution < 1.29 is 9.47 Å². The van der Waals surface area contributed by atoms with Crippen molar-refractivity contribution in [1.82, 2.24) is 5.32 Å². The monoisotopic (exact) mass is 261 g/mol. The van der Waals surface area contributed by atoms with E-state index in [0.717, 1.165) is 18.0 Å². The Labute approximate surface area is 115 Å². The number of likely N-dealkylation sites (N-methyl/N-ethyl adjacent to an activating group) is 1. The van der Waals surface area contributed by atoms with Gasteiger partial charge < -0.3 is 14.8 Å². The van der Waals surface area contributed by atoms with Crippen LogP contribution in [0.3, 0.4) is 0 Å². The molecule has 3 heteroatoms. The Morgan fingerprint density at radius 3 is 2.53 bits per heavy atom. The van der Waals surface area contributed by atoms with Gasteiger partial charge in [0.15, 0.2) is 11.5 Å². The summed E-state index contributed by atoms with van der Waals surface area (Å²) in [5.74, 6) is 1.82. The van der Waals surface area contributed by atoms with Crippen LogP contribution < -0.4 is 14.8 Å². The van der Waals surface area contributed by atoms with Crippen molar-refractivity contribution in [2.24, 2.45) is 0 Å². The first-order chi connectivity index (χ1) is 9.34. The molecule has 1 N–H and O–H groups in total. The predicted molar refractivity (Wildman–Crippen MR) is 76.1 cm³/mol. The lowest BCUT2D eigenvalue weighted by Gasteiger charge is -2.38. The number of rotatable bonds is 3. The van der Waals surface area contributed by atoms with Crippen LogP contribution in [-0.2, 0) is 5.41 Å². The number of benzene rings is 1. The molecule has 1 aliphatic heterocycles. The zero-order valence-corrected chi connectivity index (χ0v) is 11.7. The summed E-state index contributed by atoms with van der Waals surface area (Å²) in [6.45, 7) is 2.37. The third kappa shape index (κ3) is 2.44. The number of hydrogen-bond acceptors (Lipinski definition) is 3. The van der Waals surface area contributed by atoms with E-state index >= 15 is 0 Å². The van der Waals surface area contributed by atoms with Gasteiger partial charge in [-0.05, 0) is 37.6 Å². The van der Waals surface area contributed by atoms with Gasteiger partial charge in [0, 0.05) is 12.0 Å². The molecule has 0 amide bonds. The van der Waals surface area contributed by atoms with Crippen molar-refractivity contribution >= 4 is 0 Å². The molecule has 1 heterocycles. The van der Waals surface area contributed by atoms with Crippen molar-refractivity contribution in [1.29, 1.82) is 0 Å². The molecule has 0 radical (unpaired) electrons. The molecule has 0 aromatic heterocycles. The number of fused-ring (bicyclic) bond motifs is 1. The standard InChI is InChI=1S/C16H23NO2/c1-17-12-16(7-3-2-4-8-16)13-5-6-14-15(11-13)19-10-9-18-14/h5-6,11,17H,2-4,7-10,12H2,1H3. The van der Waals surface area contributed by atoms with E-state index in [1.807, 2.05) is 7.05 Å². The van der Waals surface area contributed by atoms with Gasteiger partial charge >= 0.3 is 0 Å². The zero-order valence-electron chi connectivity index (χ0n) is 11.7. The molecule has 0 unspecified atom stereocenters. The molecular weight excluding hydrogens is 238 g/mol. The predicted octanol–water partition coefficient (Wildman–Crippen LogP) is 2.88.